The molecule has 1 aliphatic rings. The highest BCUT2D eigenvalue weighted by atomic mass is 16.5. The molecule has 1 amide bonds. The fourth-order valence-corrected chi connectivity index (χ4v) is 1.99. The molecule has 6 heteroatoms. The number of carbonyl (C=O) groups excluding carboxylic acids is 1. The molecule has 3 unspecified atom stereocenters. The number of ether oxygens (including phenoxy) is 2. The van der Waals surface area contributed by atoms with E-state index in [1.54, 1.807) is 14.0 Å². The predicted octanol–water partition coefficient (Wildman–Crippen LogP) is -1.18. The molecule has 0 bridgehead atoms. The van der Waals surface area contributed by atoms with Crippen molar-refractivity contribution in [2.75, 3.05) is 40.5 Å². The summed E-state index contributed by atoms with van der Waals surface area (Å²) in [4.78, 5) is 13.7. The van der Waals surface area contributed by atoms with Gasteiger partial charge in [0.25, 0.3) is 0 Å². The van der Waals surface area contributed by atoms with Crippen molar-refractivity contribution in [2.45, 2.75) is 19.1 Å². The van der Waals surface area contributed by atoms with Crippen LogP contribution in [-0.2, 0) is 14.3 Å². The topological polar surface area (TPSA) is 85.0 Å². The maximum atomic E-state index is 12.2. The van der Waals surface area contributed by atoms with Gasteiger partial charge in [-0.05, 0) is 6.92 Å². The number of carbonyl (C=O) groups is 1. The average molecular weight is 246 g/mol. The zero-order valence-corrected chi connectivity index (χ0v) is 10.7. The summed E-state index contributed by atoms with van der Waals surface area (Å²) in [6, 6.07) is -0.294. The third-order valence-corrected chi connectivity index (χ3v) is 3.20. The quantitative estimate of drug-likeness (QED) is 0.637. The van der Waals surface area contributed by atoms with Crippen LogP contribution in [0.4, 0.5) is 0 Å². The molecule has 0 aliphatic carbocycles. The Morgan fingerprint density at radius 1 is 1.76 bits per heavy atom. The number of aliphatic hydroxyl groups is 1. The Balaban J connectivity index is 2.57. The molecule has 0 aromatic heterocycles. The summed E-state index contributed by atoms with van der Waals surface area (Å²) in [6.07, 6.45) is -0.684. The van der Waals surface area contributed by atoms with Gasteiger partial charge in [-0.25, -0.2) is 0 Å². The number of rotatable bonds is 5. The maximum absolute atomic E-state index is 12.2. The molecule has 0 radical (unpaired) electrons. The highest BCUT2D eigenvalue weighted by Crippen LogP contribution is 2.29. The van der Waals surface area contributed by atoms with Crippen molar-refractivity contribution in [3.63, 3.8) is 0 Å². The van der Waals surface area contributed by atoms with E-state index in [9.17, 15) is 9.90 Å². The van der Waals surface area contributed by atoms with Gasteiger partial charge < -0.3 is 25.2 Å². The van der Waals surface area contributed by atoms with E-state index in [2.05, 4.69) is 0 Å². The van der Waals surface area contributed by atoms with Gasteiger partial charge in [-0.15, -0.1) is 0 Å². The number of nitrogens with two attached hydrogens (primary N) is 1. The zero-order valence-electron chi connectivity index (χ0n) is 10.7. The minimum absolute atomic E-state index is 0.0994. The molecule has 1 saturated heterocycles. The van der Waals surface area contributed by atoms with E-state index in [1.165, 1.54) is 12.0 Å². The lowest BCUT2D eigenvalue weighted by Gasteiger charge is -2.31. The van der Waals surface area contributed by atoms with Gasteiger partial charge in [-0.1, -0.05) is 0 Å². The number of amides is 1. The van der Waals surface area contributed by atoms with Crippen molar-refractivity contribution < 1.29 is 19.4 Å². The normalized spacial score (nSPS) is 30.3. The second kappa shape index (κ2) is 5.77. The van der Waals surface area contributed by atoms with Gasteiger partial charge in [0.1, 0.15) is 0 Å². The summed E-state index contributed by atoms with van der Waals surface area (Å²) in [6.45, 7) is 2.96. The zero-order chi connectivity index (χ0) is 13.1. The highest BCUT2D eigenvalue weighted by Gasteiger charge is 2.45. The number of likely N-dealkylation sites (N-methyl/N-ethyl adjacent to an activating group) is 1. The molecular weight excluding hydrogens is 224 g/mol. The standard InChI is InChI=1S/C11H22N2O4/c1-11(7-17-6-9(11)12)10(15)13(2)4-8(14)5-16-3/h8-9,14H,4-7,12H2,1-3H3. The molecule has 1 fully saturated rings. The molecule has 1 heterocycles. The van der Waals surface area contributed by atoms with Crippen LogP contribution in [0.5, 0.6) is 0 Å². The first-order valence-corrected chi connectivity index (χ1v) is 5.67. The van der Waals surface area contributed by atoms with E-state index in [1.807, 2.05) is 0 Å². The monoisotopic (exact) mass is 246 g/mol. The van der Waals surface area contributed by atoms with Crippen molar-refractivity contribution >= 4 is 5.91 Å². The Morgan fingerprint density at radius 3 is 2.88 bits per heavy atom. The van der Waals surface area contributed by atoms with Crippen LogP contribution in [0.3, 0.4) is 0 Å². The summed E-state index contributed by atoms with van der Waals surface area (Å²) < 4.78 is 10.1. The van der Waals surface area contributed by atoms with Crippen LogP contribution in [0.25, 0.3) is 0 Å². The van der Waals surface area contributed by atoms with Gasteiger partial charge in [0.05, 0.1) is 31.3 Å². The molecule has 1 rings (SSSR count). The van der Waals surface area contributed by atoms with Gasteiger partial charge in [0.15, 0.2) is 0 Å². The van der Waals surface area contributed by atoms with Gasteiger partial charge >= 0.3 is 0 Å². The Kier molecular flexibility index (Phi) is 4.88. The molecule has 0 aromatic rings. The van der Waals surface area contributed by atoms with Gasteiger partial charge in [0, 0.05) is 26.7 Å². The first-order valence-electron chi connectivity index (χ1n) is 5.67. The molecule has 100 valence electrons. The maximum Gasteiger partial charge on any atom is 0.232 e. The van der Waals surface area contributed by atoms with Crippen LogP contribution < -0.4 is 5.73 Å². The van der Waals surface area contributed by atoms with Crippen LogP contribution in [0.2, 0.25) is 0 Å². The van der Waals surface area contributed by atoms with Crippen LogP contribution in [0.15, 0.2) is 0 Å². The summed E-state index contributed by atoms with van der Waals surface area (Å²) in [5, 5.41) is 9.58. The number of methoxy groups -OCH3 is 1. The van der Waals surface area contributed by atoms with E-state index < -0.39 is 11.5 Å². The first-order chi connectivity index (χ1) is 7.91. The fourth-order valence-electron chi connectivity index (χ4n) is 1.99. The summed E-state index contributed by atoms with van der Waals surface area (Å²) in [7, 11) is 3.16. The largest absolute Gasteiger partial charge is 0.389 e. The third kappa shape index (κ3) is 3.16. The molecule has 3 atom stereocenters. The van der Waals surface area contributed by atoms with Gasteiger partial charge in [-0.2, -0.15) is 0 Å². The van der Waals surface area contributed by atoms with Crippen LogP contribution in [-0.4, -0.2) is 68.6 Å². The van der Waals surface area contributed by atoms with Crippen LogP contribution in [0, 0.1) is 5.41 Å². The third-order valence-electron chi connectivity index (χ3n) is 3.20. The van der Waals surface area contributed by atoms with E-state index >= 15 is 0 Å². The summed E-state index contributed by atoms with van der Waals surface area (Å²) >= 11 is 0. The molecular formula is C11H22N2O4. The number of hydrogen-bond acceptors (Lipinski definition) is 5. The minimum Gasteiger partial charge on any atom is -0.389 e. The van der Waals surface area contributed by atoms with Crippen molar-refractivity contribution in [2.24, 2.45) is 11.1 Å². The Bertz CT molecular complexity index is 274. The Morgan fingerprint density at radius 2 is 2.41 bits per heavy atom. The van der Waals surface area contributed by atoms with Crippen molar-refractivity contribution in [3.05, 3.63) is 0 Å². The molecule has 3 N–H and O–H groups in total. The fraction of sp³-hybridized carbons (Fsp3) is 0.909. The van der Waals surface area contributed by atoms with Gasteiger partial charge in [0.2, 0.25) is 5.91 Å². The molecule has 0 aromatic carbocycles. The smallest absolute Gasteiger partial charge is 0.232 e. The van der Waals surface area contributed by atoms with Crippen molar-refractivity contribution in [3.8, 4) is 0 Å². The second-order valence-electron chi connectivity index (χ2n) is 4.83. The van der Waals surface area contributed by atoms with E-state index in [0.29, 0.717) is 13.2 Å². The van der Waals surface area contributed by atoms with Crippen molar-refractivity contribution in [1.29, 1.82) is 0 Å². The van der Waals surface area contributed by atoms with Crippen molar-refractivity contribution in [1.82, 2.24) is 4.90 Å². The summed E-state index contributed by atoms with van der Waals surface area (Å²) in [5.41, 5.74) is 5.19. The van der Waals surface area contributed by atoms with Crippen LogP contribution in [0.1, 0.15) is 6.92 Å². The highest BCUT2D eigenvalue weighted by molar-refractivity contribution is 5.83. The molecule has 0 spiro atoms. The van der Waals surface area contributed by atoms with E-state index in [4.69, 9.17) is 15.2 Å². The predicted molar refractivity (Wildman–Crippen MR) is 62.4 cm³/mol. The lowest BCUT2D eigenvalue weighted by Crippen LogP contribution is -2.52. The Hall–Kier alpha value is -0.690. The Labute approximate surface area is 102 Å². The minimum atomic E-state index is -0.693. The first kappa shape index (κ1) is 14.4. The lowest BCUT2D eigenvalue weighted by molar-refractivity contribution is -0.142. The van der Waals surface area contributed by atoms with E-state index in [-0.39, 0.29) is 25.1 Å². The number of aliphatic hydroxyl groups excluding tert-OH is 1. The lowest BCUT2D eigenvalue weighted by atomic mass is 9.84. The SMILES string of the molecule is COCC(O)CN(C)C(=O)C1(C)COCC1N. The molecule has 17 heavy (non-hydrogen) atoms. The summed E-state index contributed by atoms with van der Waals surface area (Å²) in [5.74, 6) is -0.0994. The van der Waals surface area contributed by atoms with Gasteiger partial charge in [-0.3, -0.25) is 4.79 Å². The van der Waals surface area contributed by atoms with E-state index in [0.717, 1.165) is 0 Å². The number of nitrogens with zero attached hydrogens (tertiary/aromatic N) is 1. The number of hydrogen-bond donors (Lipinski definition) is 2. The van der Waals surface area contributed by atoms with Crippen LogP contribution >= 0.6 is 0 Å². The molecule has 0 saturated carbocycles. The molecule has 1 aliphatic heterocycles. The average Bonchev–Trinajstić information content (AvgIpc) is 2.59. The molecule has 6 nitrogen and oxygen atoms in total. The second-order valence-corrected chi connectivity index (χ2v) is 4.83.